The van der Waals surface area contributed by atoms with Gasteiger partial charge in [-0.3, -0.25) is 13.9 Å². The van der Waals surface area contributed by atoms with Crippen LogP contribution in [0.3, 0.4) is 0 Å². The van der Waals surface area contributed by atoms with Crippen LogP contribution in [0.4, 0.5) is 18.9 Å². The first-order valence-electron chi connectivity index (χ1n) is 12.3. The number of sulfonamides is 1. The van der Waals surface area contributed by atoms with Crippen molar-refractivity contribution in [2.24, 2.45) is 0 Å². The van der Waals surface area contributed by atoms with Crippen molar-refractivity contribution in [3.8, 4) is 0 Å². The van der Waals surface area contributed by atoms with Crippen LogP contribution in [0.1, 0.15) is 50.2 Å². The fourth-order valence-electron chi connectivity index (χ4n) is 4.43. The van der Waals surface area contributed by atoms with Crippen LogP contribution in [0.25, 0.3) is 0 Å². The molecule has 1 atom stereocenters. The van der Waals surface area contributed by atoms with Gasteiger partial charge in [-0.05, 0) is 43.5 Å². The van der Waals surface area contributed by atoms with E-state index in [1.54, 1.807) is 37.3 Å². The number of rotatable bonds is 9. The Morgan fingerprint density at radius 2 is 1.71 bits per heavy atom. The van der Waals surface area contributed by atoms with Crippen LogP contribution in [0.5, 0.6) is 0 Å². The number of nitrogens with zero attached hydrogens (tertiary/aromatic N) is 2. The monoisotopic (exact) mass is 573 g/mol. The first-order valence-corrected chi connectivity index (χ1v) is 14.5. The fraction of sp³-hybridized carbons (Fsp3) is 0.462. The predicted molar refractivity (Wildman–Crippen MR) is 140 cm³/mol. The molecule has 38 heavy (non-hydrogen) atoms. The lowest BCUT2D eigenvalue weighted by Gasteiger charge is -2.33. The van der Waals surface area contributed by atoms with Gasteiger partial charge >= 0.3 is 6.18 Å². The standard InChI is InChI=1S/C26H31ClF3N3O4S/c1-18(25(35)31-20-11-7-4-8-12-20)32(16-19-9-5-3-6-10-19)24(34)17-33(38(2,36)37)21-13-14-23(27)22(15-21)26(28,29)30/h3,5-6,9-10,13-15,18,20H,4,7-8,11-12,16-17H2,1-2H3,(H,31,35)/t18-/m1/s1. The van der Waals surface area contributed by atoms with Crippen LogP contribution in [0.2, 0.25) is 5.02 Å². The van der Waals surface area contributed by atoms with Crippen LogP contribution in [0.15, 0.2) is 48.5 Å². The third-order valence-electron chi connectivity index (χ3n) is 6.54. The number of benzene rings is 2. The minimum atomic E-state index is -4.83. The zero-order valence-electron chi connectivity index (χ0n) is 21.2. The van der Waals surface area contributed by atoms with Gasteiger partial charge in [-0.1, -0.05) is 61.2 Å². The van der Waals surface area contributed by atoms with E-state index in [-0.39, 0.29) is 24.2 Å². The van der Waals surface area contributed by atoms with Gasteiger partial charge in [0.1, 0.15) is 12.6 Å². The SMILES string of the molecule is C[C@H](C(=O)NC1CCCCC1)N(Cc1ccccc1)C(=O)CN(c1ccc(Cl)c(C(F)(F)F)c1)S(C)(=O)=O. The third-order valence-corrected chi connectivity index (χ3v) is 8.01. The normalized spacial score (nSPS) is 15.5. The number of halogens is 4. The maximum atomic E-state index is 13.6. The van der Waals surface area contributed by atoms with Crippen LogP contribution in [0, 0.1) is 0 Å². The average molecular weight is 574 g/mol. The maximum absolute atomic E-state index is 13.6. The molecule has 0 radical (unpaired) electrons. The molecule has 2 amide bonds. The second-order valence-corrected chi connectivity index (χ2v) is 11.8. The van der Waals surface area contributed by atoms with E-state index in [0.29, 0.717) is 15.9 Å². The second kappa shape index (κ2) is 12.4. The Hall–Kier alpha value is -2.79. The Labute approximate surface area is 226 Å². The fourth-order valence-corrected chi connectivity index (χ4v) is 5.50. The number of amides is 2. The van der Waals surface area contributed by atoms with Crippen LogP contribution < -0.4 is 9.62 Å². The van der Waals surface area contributed by atoms with Crippen molar-refractivity contribution in [3.05, 3.63) is 64.7 Å². The molecule has 3 rings (SSSR count). The molecule has 1 N–H and O–H groups in total. The van der Waals surface area contributed by atoms with Gasteiger partial charge in [0.05, 0.1) is 22.5 Å². The molecule has 1 fully saturated rings. The van der Waals surface area contributed by atoms with Gasteiger partial charge in [-0.25, -0.2) is 8.42 Å². The molecule has 1 saturated carbocycles. The minimum Gasteiger partial charge on any atom is -0.352 e. The summed E-state index contributed by atoms with van der Waals surface area (Å²) in [6.45, 7) is 0.754. The quantitative estimate of drug-likeness (QED) is 0.458. The summed E-state index contributed by atoms with van der Waals surface area (Å²) in [7, 11) is -4.19. The molecule has 2 aromatic carbocycles. The highest BCUT2D eigenvalue weighted by molar-refractivity contribution is 7.92. The molecule has 1 aliphatic rings. The van der Waals surface area contributed by atoms with Crippen LogP contribution in [-0.2, 0) is 32.3 Å². The molecule has 1 aliphatic carbocycles. The van der Waals surface area contributed by atoms with Crippen molar-refractivity contribution in [1.29, 1.82) is 0 Å². The zero-order chi connectivity index (χ0) is 28.1. The molecule has 7 nitrogen and oxygen atoms in total. The number of carbonyl (C=O) groups is 2. The zero-order valence-corrected chi connectivity index (χ0v) is 22.7. The van der Waals surface area contributed by atoms with Gasteiger partial charge in [0.2, 0.25) is 21.8 Å². The van der Waals surface area contributed by atoms with E-state index in [1.807, 2.05) is 0 Å². The Bertz CT molecular complexity index is 1240. The summed E-state index contributed by atoms with van der Waals surface area (Å²) >= 11 is 5.70. The molecule has 0 aromatic heterocycles. The van der Waals surface area contributed by atoms with E-state index >= 15 is 0 Å². The lowest BCUT2D eigenvalue weighted by atomic mass is 9.95. The molecule has 2 aromatic rings. The number of anilines is 1. The largest absolute Gasteiger partial charge is 0.417 e. The maximum Gasteiger partial charge on any atom is 0.417 e. The molecule has 0 saturated heterocycles. The van der Waals surface area contributed by atoms with Crippen molar-refractivity contribution >= 4 is 39.1 Å². The van der Waals surface area contributed by atoms with Crippen LogP contribution >= 0.6 is 11.6 Å². The molecular weight excluding hydrogens is 543 g/mol. The summed E-state index contributed by atoms with van der Waals surface area (Å²) in [4.78, 5) is 27.9. The molecule has 0 unspecified atom stereocenters. The number of nitrogens with one attached hydrogen (secondary N) is 1. The lowest BCUT2D eigenvalue weighted by molar-refractivity contribution is -0.139. The first-order chi connectivity index (χ1) is 17.8. The molecule has 0 heterocycles. The highest BCUT2D eigenvalue weighted by atomic mass is 35.5. The van der Waals surface area contributed by atoms with E-state index in [0.717, 1.165) is 50.5 Å². The van der Waals surface area contributed by atoms with Gasteiger partial charge in [0.15, 0.2) is 0 Å². The Morgan fingerprint density at radius 3 is 2.29 bits per heavy atom. The summed E-state index contributed by atoms with van der Waals surface area (Å²) in [6, 6.07) is 10.5. The molecule has 0 aliphatic heterocycles. The molecule has 0 spiro atoms. The van der Waals surface area contributed by atoms with E-state index < -0.39 is 45.3 Å². The third kappa shape index (κ3) is 7.86. The van der Waals surface area contributed by atoms with E-state index in [4.69, 9.17) is 11.6 Å². The Balaban J connectivity index is 1.91. The first kappa shape index (κ1) is 29.8. The predicted octanol–water partition coefficient (Wildman–Crippen LogP) is 4.99. The van der Waals surface area contributed by atoms with Crippen LogP contribution in [-0.4, -0.2) is 50.0 Å². The molecule has 12 heteroatoms. The lowest BCUT2D eigenvalue weighted by Crippen LogP contribution is -2.53. The Kier molecular flexibility index (Phi) is 9.69. The highest BCUT2D eigenvalue weighted by Gasteiger charge is 2.36. The van der Waals surface area contributed by atoms with E-state index in [9.17, 15) is 31.2 Å². The summed E-state index contributed by atoms with van der Waals surface area (Å²) in [6.07, 6.45) is 0.736. The average Bonchev–Trinajstić information content (AvgIpc) is 2.85. The van der Waals surface area contributed by atoms with Gasteiger partial charge in [0, 0.05) is 12.6 Å². The summed E-state index contributed by atoms with van der Waals surface area (Å²) in [5.74, 6) is -1.12. The number of hydrogen-bond acceptors (Lipinski definition) is 4. The number of alkyl halides is 3. The summed E-state index contributed by atoms with van der Waals surface area (Å²) in [5.41, 5.74) is -0.884. The van der Waals surface area contributed by atoms with E-state index in [2.05, 4.69) is 5.32 Å². The number of hydrogen-bond donors (Lipinski definition) is 1. The van der Waals surface area contributed by atoms with Gasteiger partial charge in [0.25, 0.3) is 0 Å². The minimum absolute atomic E-state index is 0.00486. The van der Waals surface area contributed by atoms with Crippen molar-refractivity contribution in [2.45, 2.75) is 63.8 Å². The van der Waals surface area contributed by atoms with E-state index in [1.165, 1.54) is 4.90 Å². The summed E-state index contributed by atoms with van der Waals surface area (Å²) in [5, 5.41) is 2.38. The van der Waals surface area contributed by atoms with Crippen molar-refractivity contribution in [3.63, 3.8) is 0 Å². The second-order valence-electron chi connectivity index (χ2n) is 9.46. The molecular formula is C26H31ClF3N3O4S. The number of carbonyl (C=O) groups excluding carboxylic acids is 2. The highest BCUT2D eigenvalue weighted by Crippen LogP contribution is 2.37. The van der Waals surface area contributed by atoms with Crippen molar-refractivity contribution in [2.75, 3.05) is 17.1 Å². The molecule has 0 bridgehead atoms. The van der Waals surface area contributed by atoms with Crippen molar-refractivity contribution in [1.82, 2.24) is 10.2 Å². The smallest absolute Gasteiger partial charge is 0.352 e. The van der Waals surface area contributed by atoms with Gasteiger partial charge in [-0.2, -0.15) is 13.2 Å². The summed E-state index contributed by atoms with van der Waals surface area (Å²) < 4.78 is 66.1. The van der Waals surface area contributed by atoms with Crippen molar-refractivity contribution < 1.29 is 31.2 Å². The topological polar surface area (TPSA) is 86.8 Å². The van der Waals surface area contributed by atoms with Gasteiger partial charge < -0.3 is 10.2 Å². The Morgan fingerprint density at radius 1 is 1.08 bits per heavy atom. The van der Waals surface area contributed by atoms with Gasteiger partial charge in [-0.15, -0.1) is 0 Å². The molecule has 208 valence electrons.